The number of nitrogens with one attached hydrogen (secondary N) is 2. The summed E-state index contributed by atoms with van der Waals surface area (Å²) in [6.07, 6.45) is 3.96. The highest BCUT2D eigenvalue weighted by Gasteiger charge is 2.17. The summed E-state index contributed by atoms with van der Waals surface area (Å²) in [4.78, 5) is 0. The predicted octanol–water partition coefficient (Wildman–Crippen LogP) is 2.04. The van der Waals surface area contributed by atoms with Crippen LogP contribution in [0.3, 0.4) is 0 Å². The van der Waals surface area contributed by atoms with Crippen molar-refractivity contribution in [3.8, 4) is 11.3 Å². The van der Waals surface area contributed by atoms with Gasteiger partial charge in [-0.2, -0.15) is 5.10 Å². The van der Waals surface area contributed by atoms with Crippen LogP contribution in [0.4, 0.5) is 4.39 Å². The number of aromatic amines is 1. The molecule has 0 unspecified atom stereocenters. The van der Waals surface area contributed by atoms with E-state index in [9.17, 15) is 4.39 Å². The summed E-state index contributed by atoms with van der Waals surface area (Å²) in [6, 6.07) is 6.40. The number of aryl methyl sites for hydroxylation is 1. The molecular weight excluding hydrogens is 295 g/mol. The van der Waals surface area contributed by atoms with E-state index in [4.69, 9.17) is 0 Å². The minimum absolute atomic E-state index is 0.242. The van der Waals surface area contributed by atoms with Crippen molar-refractivity contribution in [1.82, 2.24) is 30.3 Å². The topological polar surface area (TPSA) is 71.4 Å². The van der Waals surface area contributed by atoms with Gasteiger partial charge in [0.2, 0.25) is 0 Å². The summed E-state index contributed by atoms with van der Waals surface area (Å²) >= 11 is 0. The molecule has 1 aliphatic heterocycles. The quantitative estimate of drug-likeness (QED) is 0.756. The van der Waals surface area contributed by atoms with E-state index < -0.39 is 0 Å². The highest BCUT2D eigenvalue weighted by atomic mass is 19.1. The first-order valence-electron chi connectivity index (χ1n) is 7.71. The Morgan fingerprint density at radius 1 is 1.17 bits per heavy atom. The van der Waals surface area contributed by atoms with Crippen LogP contribution in [-0.4, -0.2) is 25.0 Å². The zero-order valence-corrected chi connectivity index (χ0v) is 12.6. The van der Waals surface area contributed by atoms with Gasteiger partial charge >= 0.3 is 0 Å². The lowest BCUT2D eigenvalue weighted by Crippen LogP contribution is -2.16. The van der Waals surface area contributed by atoms with E-state index in [1.807, 2.05) is 0 Å². The number of hydrogen-bond acceptors (Lipinski definition) is 4. The monoisotopic (exact) mass is 312 g/mol. The normalized spacial score (nSPS) is 13.4. The maximum absolute atomic E-state index is 13.0. The number of aromatic nitrogens is 5. The molecule has 0 saturated carbocycles. The van der Waals surface area contributed by atoms with E-state index in [0.29, 0.717) is 13.1 Å². The van der Waals surface area contributed by atoms with Crippen LogP contribution in [0.15, 0.2) is 30.5 Å². The molecular formula is C16H17FN6. The van der Waals surface area contributed by atoms with Gasteiger partial charge in [0.1, 0.15) is 17.5 Å². The molecule has 0 aliphatic carbocycles. The Bertz CT molecular complexity index is 804. The summed E-state index contributed by atoms with van der Waals surface area (Å²) in [5.74, 6) is 1.81. The van der Waals surface area contributed by atoms with Crippen LogP contribution in [0.25, 0.3) is 11.3 Å². The molecule has 4 rings (SSSR count). The maximum Gasteiger partial charge on any atom is 0.147 e. The fraction of sp³-hybridized carbons (Fsp3) is 0.312. The fourth-order valence-corrected chi connectivity index (χ4v) is 2.96. The standard InChI is InChI=1S/C16H17FN6/c17-13-5-3-11(4-6-13)16-12(9-19-22-16)8-18-10-15-21-20-14-2-1-7-23(14)15/h3-6,9,18H,1-2,7-8,10H2,(H,19,22). The van der Waals surface area contributed by atoms with Gasteiger partial charge in [0, 0.05) is 30.6 Å². The molecule has 0 atom stereocenters. The van der Waals surface area contributed by atoms with Crippen molar-refractivity contribution >= 4 is 0 Å². The highest BCUT2D eigenvalue weighted by molar-refractivity contribution is 5.62. The van der Waals surface area contributed by atoms with E-state index in [0.717, 1.165) is 47.9 Å². The number of fused-ring (bicyclic) bond motifs is 1. The average molecular weight is 312 g/mol. The number of nitrogens with zero attached hydrogens (tertiary/aromatic N) is 4. The van der Waals surface area contributed by atoms with Crippen LogP contribution in [0, 0.1) is 5.82 Å². The van der Waals surface area contributed by atoms with Crippen LogP contribution >= 0.6 is 0 Å². The van der Waals surface area contributed by atoms with Crippen molar-refractivity contribution in [1.29, 1.82) is 0 Å². The lowest BCUT2D eigenvalue weighted by molar-refractivity contribution is 0.610. The van der Waals surface area contributed by atoms with Gasteiger partial charge < -0.3 is 9.88 Å². The van der Waals surface area contributed by atoms with Crippen molar-refractivity contribution in [2.45, 2.75) is 32.5 Å². The van der Waals surface area contributed by atoms with Gasteiger partial charge in [-0.1, -0.05) is 0 Å². The minimum Gasteiger partial charge on any atom is -0.314 e. The molecule has 2 aromatic heterocycles. The molecule has 0 saturated heterocycles. The van der Waals surface area contributed by atoms with E-state index in [1.54, 1.807) is 18.3 Å². The third kappa shape index (κ3) is 2.75. The number of benzene rings is 1. The molecule has 1 aliphatic rings. The van der Waals surface area contributed by atoms with Crippen molar-refractivity contribution in [2.24, 2.45) is 0 Å². The van der Waals surface area contributed by atoms with E-state index >= 15 is 0 Å². The third-order valence-corrected chi connectivity index (χ3v) is 4.14. The molecule has 2 N–H and O–H groups in total. The molecule has 0 fully saturated rings. The fourth-order valence-electron chi connectivity index (χ4n) is 2.96. The lowest BCUT2D eigenvalue weighted by Gasteiger charge is -2.06. The largest absolute Gasteiger partial charge is 0.314 e. The van der Waals surface area contributed by atoms with Crippen LogP contribution in [-0.2, 0) is 26.1 Å². The Labute approximate surface area is 132 Å². The molecule has 7 heteroatoms. The molecule has 0 amide bonds. The second kappa shape index (κ2) is 5.92. The number of H-pyrrole nitrogens is 1. The van der Waals surface area contributed by atoms with E-state index in [1.165, 1.54) is 12.1 Å². The van der Waals surface area contributed by atoms with Gasteiger partial charge in [0.05, 0.1) is 18.4 Å². The smallest absolute Gasteiger partial charge is 0.147 e. The molecule has 0 bridgehead atoms. The van der Waals surface area contributed by atoms with Gasteiger partial charge in [0.25, 0.3) is 0 Å². The second-order valence-corrected chi connectivity index (χ2v) is 5.67. The van der Waals surface area contributed by atoms with Crippen molar-refractivity contribution in [3.63, 3.8) is 0 Å². The second-order valence-electron chi connectivity index (χ2n) is 5.67. The summed E-state index contributed by atoms with van der Waals surface area (Å²) in [5.41, 5.74) is 2.87. The van der Waals surface area contributed by atoms with Crippen molar-refractivity contribution in [2.75, 3.05) is 0 Å². The third-order valence-electron chi connectivity index (χ3n) is 4.14. The minimum atomic E-state index is -0.242. The van der Waals surface area contributed by atoms with E-state index in [2.05, 4.69) is 30.3 Å². The molecule has 118 valence electrons. The Hall–Kier alpha value is -2.54. The van der Waals surface area contributed by atoms with Crippen LogP contribution < -0.4 is 5.32 Å². The van der Waals surface area contributed by atoms with Gasteiger partial charge in [-0.05, 0) is 30.7 Å². The first-order valence-corrected chi connectivity index (χ1v) is 7.71. The Morgan fingerprint density at radius 3 is 2.91 bits per heavy atom. The van der Waals surface area contributed by atoms with E-state index in [-0.39, 0.29) is 5.82 Å². The molecule has 6 nitrogen and oxygen atoms in total. The zero-order valence-electron chi connectivity index (χ0n) is 12.6. The number of hydrogen-bond donors (Lipinski definition) is 2. The molecule has 3 heterocycles. The Kier molecular flexibility index (Phi) is 3.63. The predicted molar refractivity (Wildman–Crippen MR) is 82.9 cm³/mol. The number of rotatable bonds is 5. The zero-order chi connectivity index (χ0) is 15.6. The first-order chi connectivity index (χ1) is 11.3. The summed E-state index contributed by atoms with van der Waals surface area (Å²) < 4.78 is 15.2. The van der Waals surface area contributed by atoms with Crippen molar-refractivity contribution in [3.05, 3.63) is 53.5 Å². The molecule has 0 radical (unpaired) electrons. The average Bonchev–Trinajstić information content (AvgIpc) is 3.26. The first kappa shape index (κ1) is 14.1. The van der Waals surface area contributed by atoms with Crippen molar-refractivity contribution < 1.29 is 4.39 Å². The summed E-state index contributed by atoms with van der Waals surface area (Å²) in [5, 5.41) is 18.9. The van der Waals surface area contributed by atoms with Gasteiger partial charge in [-0.3, -0.25) is 5.10 Å². The lowest BCUT2D eigenvalue weighted by atomic mass is 10.1. The SMILES string of the molecule is Fc1ccc(-c2[nH]ncc2CNCc2nnc3n2CCC3)cc1. The number of halogens is 1. The summed E-state index contributed by atoms with van der Waals surface area (Å²) in [7, 11) is 0. The molecule has 1 aromatic carbocycles. The van der Waals surface area contributed by atoms with Gasteiger partial charge in [-0.25, -0.2) is 4.39 Å². The van der Waals surface area contributed by atoms with Gasteiger partial charge in [0.15, 0.2) is 0 Å². The summed E-state index contributed by atoms with van der Waals surface area (Å²) in [6.45, 7) is 2.33. The molecule has 3 aromatic rings. The molecule has 23 heavy (non-hydrogen) atoms. The van der Waals surface area contributed by atoms with Gasteiger partial charge in [-0.15, -0.1) is 10.2 Å². The van der Waals surface area contributed by atoms with Crippen LogP contribution in [0.2, 0.25) is 0 Å². The highest BCUT2D eigenvalue weighted by Crippen LogP contribution is 2.21. The van der Waals surface area contributed by atoms with Crippen LogP contribution in [0.5, 0.6) is 0 Å². The Morgan fingerprint density at radius 2 is 2.04 bits per heavy atom. The van der Waals surface area contributed by atoms with Crippen LogP contribution in [0.1, 0.15) is 23.6 Å². The molecule has 0 spiro atoms. The Balaban J connectivity index is 1.44. The maximum atomic E-state index is 13.0.